The maximum Gasteiger partial charge on any atom is 0.268 e. The molecule has 20 heavy (non-hydrogen) atoms. The van der Waals surface area contributed by atoms with Crippen LogP contribution >= 0.6 is 0 Å². The Morgan fingerprint density at radius 3 is 2.95 bits per heavy atom. The first-order valence-electron chi connectivity index (χ1n) is 6.61. The molecule has 0 saturated carbocycles. The number of anilines is 1. The van der Waals surface area contributed by atoms with Gasteiger partial charge in [-0.1, -0.05) is 0 Å². The molecule has 5 N–H and O–H groups in total. The zero-order valence-corrected chi connectivity index (χ0v) is 11.0. The summed E-state index contributed by atoms with van der Waals surface area (Å²) in [5.41, 5.74) is 13.8. The quantitative estimate of drug-likeness (QED) is 0.767. The standard InChI is InChI=1S/C14H17N5O/c15-4-3-11-7-18-14(20)12-5-10(8-19(11)12)9-1-2-13(16)17-6-9/h1-2,5-6,8,11H,3-4,7,15H2,(H2,16,17)(H,18,20)/t11-/m0/s1. The van der Waals surface area contributed by atoms with Crippen molar-refractivity contribution in [1.29, 1.82) is 0 Å². The van der Waals surface area contributed by atoms with Gasteiger partial charge in [-0.15, -0.1) is 0 Å². The number of carbonyl (C=O) groups excluding carboxylic acids is 1. The van der Waals surface area contributed by atoms with Crippen molar-refractivity contribution in [3.05, 3.63) is 36.3 Å². The number of hydrogen-bond acceptors (Lipinski definition) is 4. The van der Waals surface area contributed by atoms with Crippen LogP contribution in [0.25, 0.3) is 11.1 Å². The summed E-state index contributed by atoms with van der Waals surface area (Å²) in [6.45, 7) is 1.22. The monoisotopic (exact) mass is 271 g/mol. The summed E-state index contributed by atoms with van der Waals surface area (Å²) in [4.78, 5) is 16.0. The molecule has 1 aliphatic rings. The van der Waals surface area contributed by atoms with Gasteiger partial charge in [-0.2, -0.15) is 0 Å². The summed E-state index contributed by atoms with van der Waals surface area (Å²) in [5, 5.41) is 2.90. The third-order valence-corrected chi connectivity index (χ3v) is 3.59. The number of rotatable bonds is 3. The van der Waals surface area contributed by atoms with Crippen LogP contribution in [0.3, 0.4) is 0 Å². The molecular weight excluding hydrogens is 254 g/mol. The molecule has 2 aromatic heterocycles. The van der Waals surface area contributed by atoms with Crippen molar-refractivity contribution < 1.29 is 4.79 Å². The molecule has 0 unspecified atom stereocenters. The Morgan fingerprint density at radius 1 is 1.40 bits per heavy atom. The Morgan fingerprint density at radius 2 is 2.25 bits per heavy atom. The van der Waals surface area contributed by atoms with Gasteiger partial charge in [-0.05, 0) is 31.2 Å². The second kappa shape index (κ2) is 4.97. The first-order chi connectivity index (χ1) is 9.69. The average molecular weight is 271 g/mol. The minimum atomic E-state index is -0.0482. The Kier molecular flexibility index (Phi) is 3.15. The molecule has 6 heteroatoms. The minimum absolute atomic E-state index is 0.0482. The highest BCUT2D eigenvalue weighted by atomic mass is 16.2. The molecule has 0 fully saturated rings. The lowest BCUT2D eigenvalue weighted by atomic mass is 10.1. The van der Waals surface area contributed by atoms with Crippen LogP contribution in [0.15, 0.2) is 30.6 Å². The van der Waals surface area contributed by atoms with Crippen LogP contribution in [-0.4, -0.2) is 28.5 Å². The van der Waals surface area contributed by atoms with Gasteiger partial charge in [0.15, 0.2) is 0 Å². The third-order valence-electron chi connectivity index (χ3n) is 3.59. The van der Waals surface area contributed by atoms with Crippen LogP contribution in [0.1, 0.15) is 23.0 Å². The molecule has 0 bridgehead atoms. The number of carbonyl (C=O) groups is 1. The fraction of sp³-hybridized carbons (Fsp3) is 0.286. The highest BCUT2D eigenvalue weighted by Gasteiger charge is 2.25. The van der Waals surface area contributed by atoms with Crippen LogP contribution in [0.5, 0.6) is 0 Å². The lowest BCUT2D eigenvalue weighted by Gasteiger charge is -2.25. The zero-order chi connectivity index (χ0) is 14.1. The van der Waals surface area contributed by atoms with Gasteiger partial charge in [0.1, 0.15) is 11.5 Å². The summed E-state index contributed by atoms with van der Waals surface area (Å²) in [6, 6.07) is 5.75. The normalized spacial score (nSPS) is 17.6. The molecule has 1 atom stereocenters. The van der Waals surface area contributed by atoms with Crippen LogP contribution in [0.4, 0.5) is 5.82 Å². The van der Waals surface area contributed by atoms with Gasteiger partial charge in [0.05, 0.1) is 6.04 Å². The smallest absolute Gasteiger partial charge is 0.268 e. The number of amides is 1. The van der Waals surface area contributed by atoms with Gasteiger partial charge in [0.25, 0.3) is 5.91 Å². The number of aromatic nitrogens is 2. The van der Waals surface area contributed by atoms with Crippen molar-refractivity contribution in [2.45, 2.75) is 12.5 Å². The van der Waals surface area contributed by atoms with E-state index in [1.54, 1.807) is 12.3 Å². The van der Waals surface area contributed by atoms with Gasteiger partial charge < -0.3 is 21.4 Å². The number of fused-ring (bicyclic) bond motifs is 1. The van der Waals surface area contributed by atoms with Crippen molar-refractivity contribution in [2.75, 3.05) is 18.8 Å². The summed E-state index contributed by atoms with van der Waals surface area (Å²) in [7, 11) is 0. The lowest BCUT2D eigenvalue weighted by Crippen LogP contribution is -2.39. The predicted octanol–water partition coefficient (Wildman–Crippen LogP) is 0.766. The van der Waals surface area contributed by atoms with Crippen molar-refractivity contribution >= 4 is 11.7 Å². The lowest BCUT2D eigenvalue weighted by molar-refractivity contribution is 0.0913. The van der Waals surface area contributed by atoms with Gasteiger partial charge >= 0.3 is 0 Å². The first kappa shape index (κ1) is 12.7. The number of nitrogens with zero attached hydrogens (tertiary/aromatic N) is 2. The fourth-order valence-electron chi connectivity index (χ4n) is 2.53. The van der Waals surface area contributed by atoms with E-state index in [4.69, 9.17) is 11.5 Å². The molecule has 3 rings (SSSR count). The zero-order valence-electron chi connectivity index (χ0n) is 11.0. The maximum atomic E-state index is 11.9. The number of hydrogen-bond donors (Lipinski definition) is 3. The average Bonchev–Trinajstić information content (AvgIpc) is 2.89. The van der Waals surface area contributed by atoms with E-state index in [9.17, 15) is 4.79 Å². The molecule has 6 nitrogen and oxygen atoms in total. The summed E-state index contributed by atoms with van der Waals surface area (Å²) in [5.74, 6) is 0.435. The molecule has 1 amide bonds. The van der Waals surface area contributed by atoms with E-state index in [0.29, 0.717) is 24.6 Å². The molecule has 0 aromatic carbocycles. The summed E-state index contributed by atoms with van der Waals surface area (Å²) < 4.78 is 2.01. The molecular formula is C14H17N5O. The Labute approximate surface area is 116 Å². The minimum Gasteiger partial charge on any atom is -0.384 e. The van der Waals surface area contributed by atoms with E-state index in [1.165, 1.54) is 0 Å². The second-order valence-electron chi connectivity index (χ2n) is 4.93. The van der Waals surface area contributed by atoms with Gasteiger partial charge in [-0.3, -0.25) is 4.79 Å². The number of nitrogen functional groups attached to an aromatic ring is 1. The second-order valence-corrected chi connectivity index (χ2v) is 4.93. The fourth-order valence-corrected chi connectivity index (χ4v) is 2.53. The highest BCUT2D eigenvalue weighted by molar-refractivity contribution is 5.95. The predicted molar refractivity (Wildman–Crippen MR) is 77.1 cm³/mol. The highest BCUT2D eigenvalue weighted by Crippen LogP contribution is 2.27. The molecule has 0 radical (unpaired) electrons. The van der Waals surface area contributed by atoms with E-state index >= 15 is 0 Å². The van der Waals surface area contributed by atoms with Gasteiger partial charge in [-0.25, -0.2) is 4.98 Å². The SMILES string of the molecule is NCC[C@H]1CNC(=O)c2cc(-c3ccc(N)nc3)cn21. The van der Waals surface area contributed by atoms with Crippen molar-refractivity contribution in [3.8, 4) is 11.1 Å². The van der Waals surface area contributed by atoms with E-state index in [2.05, 4.69) is 10.3 Å². The number of nitrogens with one attached hydrogen (secondary N) is 1. The van der Waals surface area contributed by atoms with E-state index < -0.39 is 0 Å². The van der Waals surface area contributed by atoms with E-state index in [1.807, 2.05) is 22.9 Å². The van der Waals surface area contributed by atoms with Crippen molar-refractivity contribution in [2.24, 2.45) is 5.73 Å². The topological polar surface area (TPSA) is 99.0 Å². The summed E-state index contributed by atoms with van der Waals surface area (Å²) in [6.07, 6.45) is 4.54. The molecule has 104 valence electrons. The van der Waals surface area contributed by atoms with E-state index in [0.717, 1.165) is 17.5 Å². The van der Waals surface area contributed by atoms with E-state index in [-0.39, 0.29) is 11.9 Å². The molecule has 2 aromatic rings. The molecule has 3 heterocycles. The first-order valence-corrected chi connectivity index (χ1v) is 6.61. The molecule has 0 saturated heterocycles. The van der Waals surface area contributed by atoms with Crippen LogP contribution in [0.2, 0.25) is 0 Å². The number of pyridine rings is 1. The van der Waals surface area contributed by atoms with Gasteiger partial charge in [0, 0.05) is 30.1 Å². The molecule has 1 aliphatic heterocycles. The van der Waals surface area contributed by atoms with Crippen molar-refractivity contribution in [3.63, 3.8) is 0 Å². The van der Waals surface area contributed by atoms with Crippen molar-refractivity contribution in [1.82, 2.24) is 14.9 Å². The van der Waals surface area contributed by atoms with Crippen LogP contribution < -0.4 is 16.8 Å². The molecule has 0 spiro atoms. The number of nitrogens with two attached hydrogens (primary N) is 2. The Balaban J connectivity index is 2.01. The Hall–Kier alpha value is -2.34. The maximum absolute atomic E-state index is 11.9. The Bertz CT molecular complexity index is 632. The molecule has 0 aliphatic carbocycles. The van der Waals surface area contributed by atoms with Crippen LogP contribution in [0, 0.1) is 0 Å². The van der Waals surface area contributed by atoms with Crippen LogP contribution in [-0.2, 0) is 0 Å². The van der Waals surface area contributed by atoms with Gasteiger partial charge in [0.2, 0.25) is 0 Å². The largest absolute Gasteiger partial charge is 0.384 e. The summed E-state index contributed by atoms with van der Waals surface area (Å²) >= 11 is 0. The third kappa shape index (κ3) is 2.14.